The number of hydrogen-bond donors (Lipinski definition) is 2. The van der Waals surface area contributed by atoms with Crippen LogP contribution in [0.1, 0.15) is 30.8 Å². The van der Waals surface area contributed by atoms with Gasteiger partial charge in [-0.2, -0.15) is 4.98 Å². The van der Waals surface area contributed by atoms with Gasteiger partial charge >= 0.3 is 0 Å². The fourth-order valence-electron chi connectivity index (χ4n) is 1.86. The summed E-state index contributed by atoms with van der Waals surface area (Å²) < 4.78 is 0.447. The SMILES string of the molecule is C=C(c1ccc(CC(C)C)cc1)c1nc(=S)[nH][nH]1. The molecule has 0 atom stereocenters. The molecule has 0 bridgehead atoms. The van der Waals surface area contributed by atoms with Crippen molar-refractivity contribution in [3.8, 4) is 0 Å². The van der Waals surface area contributed by atoms with E-state index in [0.717, 1.165) is 17.6 Å². The molecule has 0 saturated carbocycles. The predicted molar refractivity (Wildman–Crippen MR) is 76.9 cm³/mol. The van der Waals surface area contributed by atoms with Crippen LogP contribution in [0.5, 0.6) is 0 Å². The summed E-state index contributed by atoms with van der Waals surface area (Å²) in [6.07, 6.45) is 1.09. The van der Waals surface area contributed by atoms with Crippen LogP contribution in [0.15, 0.2) is 30.8 Å². The van der Waals surface area contributed by atoms with Crippen LogP contribution in [0, 0.1) is 10.7 Å². The highest BCUT2D eigenvalue weighted by Crippen LogP contribution is 2.19. The Labute approximate surface area is 112 Å². The Morgan fingerprint density at radius 2 is 1.94 bits per heavy atom. The summed E-state index contributed by atoms with van der Waals surface area (Å²) in [6, 6.07) is 8.43. The van der Waals surface area contributed by atoms with Crippen LogP contribution < -0.4 is 0 Å². The molecular formula is C14H17N3S. The Balaban J connectivity index is 2.19. The normalized spacial score (nSPS) is 10.8. The van der Waals surface area contributed by atoms with Crippen LogP contribution in [0.3, 0.4) is 0 Å². The average molecular weight is 259 g/mol. The second-order valence-corrected chi connectivity index (χ2v) is 5.18. The van der Waals surface area contributed by atoms with Crippen LogP contribution in [-0.2, 0) is 6.42 Å². The predicted octanol–water partition coefficient (Wildman–Crippen LogP) is 3.73. The van der Waals surface area contributed by atoms with Gasteiger partial charge in [-0.25, -0.2) is 0 Å². The molecule has 0 aliphatic carbocycles. The van der Waals surface area contributed by atoms with Crippen molar-refractivity contribution in [1.82, 2.24) is 15.2 Å². The van der Waals surface area contributed by atoms with Crippen LogP contribution in [0.2, 0.25) is 0 Å². The molecule has 0 fully saturated rings. The molecule has 1 aromatic carbocycles. The van der Waals surface area contributed by atoms with Gasteiger partial charge in [0.25, 0.3) is 0 Å². The van der Waals surface area contributed by atoms with Crippen LogP contribution in [0.25, 0.3) is 5.57 Å². The molecule has 2 rings (SSSR count). The van der Waals surface area contributed by atoms with Crippen molar-refractivity contribution in [3.05, 3.63) is 52.6 Å². The summed E-state index contributed by atoms with van der Waals surface area (Å²) in [4.78, 5) is 4.16. The molecule has 1 heterocycles. The lowest BCUT2D eigenvalue weighted by Crippen LogP contribution is -1.95. The Morgan fingerprint density at radius 3 is 2.44 bits per heavy atom. The summed E-state index contributed by atoms with van der Waals surface area (Å²) in [7, 11) is 0. The van der Waals surface area contributed by atoms with Gasteiger partial charge in [0.15, 0.2) is 5.82 Å². The molecule has 4 heteroatoms. The molecule has 0 radical (unpaired) electrons. The van der Waals surface area contributed by atoms with Crippen LogP contribution >= 0.6 is 12.2 Å². The molecule has 3 nitrogen and oxygen atoms in total. The van der Waals surface area contributed by atoms with E-state index in [1.807, 2.05) is 0 Å². The zero-order chi connectivity index (χ0) is 13.1. The average Bonchev–Trinajstić information content (AvgIpc) is 2.75. The van der Waals surface area contributed by atoms with Crippen LogP contribution in [-0.4, -0.2) is 15.2 Å². The van der Waals surface area contributed by atoms with E-state index in [4.69, 9.17) is 12.2 Å². The van der Waals surface area contributed by atoms with Crippen molar-refractivity contribution in [2.45, 2.75) is 20.3 Å². The summed E-state index contributed by atoms with van der Waals surface area (Å²) in [5.41, 5.74) is 3.25. The van der Waals surface area contributed by atoms with E-state index >= 15 is 0 Å². The lowest BCUT2D eigenvalue weighted by atomic mass is 9.99. The molecule has 0 spiro atoms. The molecule has 94 valence electrons. The summed E-state index contributed by atoms with van der Waals surface area (Å²) in [6.45, 7) is 8.48. The van der Waals surface area contributed by atoms with E-state index in [1.54, 1.807) is 0 Å². The number of nitrogens with zero attached hydrogens (tertiary/aromatic N) is 1. The number of hydrogen-bond acceptors (Lipinski definition) is 2. The topological polar surface area (TPSA) is 44.5 Å². The van der Waals surface area contributed by atoms with E-state index < -0.39 is 0 Å². The van der Waals surface area contributed by atoms with E-state index in [1.165, 1.54) is 5.56 Å². The number of benzene rings is 1. The van der Waals surface area contributed by atoms with Gasteiger partial charge in [0.05, 0.1) is 0 Å². The Hall–Kier alpha value is -1.68. The van der Waals surface area contributed by atoms with Gasteiger partial charge < -0.3 is 0 Å². The minimum Gasteiger partial charge on any atom is -0.282 e. The lowest BCUT2D eigenvalue weighted by Gasteiger charge is -2.07. The first-order valence-electron chi connectivity index (χ1n) is 5.99. The Bertz CT molecular complexity index is 590. The number of aromatic nitrogens is 3. The fourth-order valence-corrected chi connectivity index (χ4v) is 2.01. The van der Waals surface area contributed by atoms with E-state index in [-0.39, 0.29) is 0 Å². The number of H-pyrrole nitrogens is 2. The van der Waals surface area contributed by atoms with Crippen molar-refractivity contribution in [2.75, 3.05) is 0 Å². The van der Waals surface area contributed by atoms with Crippen molar-refractivity contribution >= 4 is 17.8 Å². The number of rotatable bonds is 4. The van der Waals surface area contributed by atoms with Crippen LogP contribution in [0.4, 0.5) is 0 Å². The molecular weight excluding hydrogens is 242 g/mol. The summed E-state index contributed by atoms with van der Waals surface area (Å²) in [5.74, 6) is 1.36. The molecule has 0 aliphatic rings. The smallest absolute Gasteiger partial charge is 0.213 e. The standard InChI is InChI=1S/C14H17N3S/c1-9(2)8-11-4-6-12(7-5-11)10(3)13-15-14(18)17-16-13/h4-7,9H,3,8H2,1-2H3,(H2,15,16,17,18). The molecule has 2 aromatic rings. The highest BCUT2D eigenvalue weighted by atomic mass is 32.1. The van der Waals surface area contributed by atoms with Gasteiger partial charge in [-0.15, -0.1) is 0 Å². The highest BCUT2D eigenvalue weighted by Gasteiger charge is 2.06. The van der Waals surface area contributed by atoms with Crippen molar-refractivity contribution in [2.24, 2.45) is 5.92 Å². The molecule has 2 N–H and O–H groups in total. The third-order valence-corrected chi connectivity index (χ3v) is 2.93. The first kappa shape index (κ1) is 12.8. The third-order valence-electron chi connectivity index (χ3n) is 2.73. The van der Waals surface area contributed by atoms with Gasteiger partial charge in [-0.3, -0.25) is 10.2 Å². The Kier molecular flexibility index (Phi) is 3.77. The zero-order valence-corrected chi connectivity index (χ0v) is 11.5. The quantitative estimate of drug-likeness (QED) is 0.822. The number of nitrogens with one attached hydrogen (secondary N) is 2. The largest absolute Gasteiger partial charge is 0.282 e. The van der Waals surface area contributed by atoms with Gasteiger partial charge in [0.2, 0.25) is 4.77 Å². The molecule has 0 saturated heterocycles. The summed E-state index contributed by atoms with van der Waals surface area (Å²) in [5, 5.41) is 5.69. The van der Waals surface area contributed by atoms with Crippen molar-refractivity contribution in [3.63, 3.8) is 0 Å². The maximum absolute atomic E-state index is 4.93. The maximum Gasteiger partial charge on any atom is 0.213 e. The summed E-state index contributed by atoms with van der Waals surface area (Å²) >= 11 is 4.93. The Morgan fingerprint density at radius 1 is 1.28 bits per heavy atom. The molecule has 0 unspecified atom stereocenters. The molecule has 0 amide bonds. The molecule has 0 aliphatic heterocycles. The van der Waals surface area contributed by atoms with Crippen molar-refractivity contribution < 1.29 is 0 Å². The van der Waals surface area contributed by atoms with Gasteiger partial charge in [0.1, 0.15) is 0 Å². The monoisotopic (exact) mass is 259 g/mol. The lowest BCUT2D eigenvalue weighted by molar-refractivity contribution is 0.647. The minimum atomic E-state index is 0.447. The van der Waals surface area contributed by atoms with E-state index in [0.29, 0.717) is 16.5 Å². The van der Waals surface area contributed by atoms with E-state index in [2.05, 4.69) is 59.9 Å². The first-order chi connectivity index (χ1) is 8.56. The van der Waals surface area contributed by atoms with Gasteiger partial charge in [-0.1, -0.05) is 44.7 Å². The van der Waals surface area contributed by atoms with Gasteiger partial charge in [-0.05, 0) is 35.7 Å². The van der Waals surface area contributed by atoms with Crippen molar-refractivity contribution in [1.29, 1.82) is 0 Å². The zero-order valence-electron chi connectivity index (χ0n) is 10.7. The van der Waals surface area contributed by atoms with Gasteiger partial charge in [0, 0.05) is 5.57 Å². The first-order valence-corrected chi connectivity index (χ1v) is 6.40. The fraction of sp³-hybridized carbons (Fsp3) is 0.286. The minimum absolute atomic E-state index is 0.447. The maximum atomic E-state index is 4.93. The molecule has 1 aromatic heterocycles. The third kappa shape index (κ3) is 2.96. The van der Waals surface area contributed by atoms with E-state index in [9.17, 15) is 0 Å². The second kappa shape index (κ2) is 5.31. The molecule has 18 heavy (non-hydrogen) atoms. The second-order valence-electron chi connectivity index (χ2n) is 4.79. The highest BCUT2D eigenvalue weighted by molar-refractivity contribution is 7.71. The number of aromatic amines is 2.